The zero-order valence-corrected chi connectivity index (χ0v) is 14.9. The molecule has 5 heteroatoms. The summed E-state index contributed by atoms with van der Waals surface area (Å²) in [7, 11) is -2.91. The molecule has 132 valence electrons. The summed E-state index contributed by atoms with van der Waals surface area (Å²) in [5, 5.41) is 8.62. The van der Waals surface area contributed by atoms with Crippen LogP contribution in [0.2, 0.25) is 0 Å². The van der Waals surface area contributed by atoms with E-state index in [4.69, 9.17) is 5.11 Å². The van der Waals surface area contributed by atoms with Gasteiger partial charge in [-0.1, -0.05) is 19.1 Å². The Morgan fingerprint density at radius 3 is 2.52 bits per heavy atom. The molecule has 0 radical (unpaired) electrons. The molecule has 0 unspecified atom stereocenters. The quantitative estimate of drug-likeness (QED) is 0.486. The number of allylic oxidation sites excluding steroid dienone is 2. The molecule has 2 saturated carbocycles. The Hall–Kier alpha value is -0.840. The van der Waals surface area contributed by atoms with Crippen LogP contribution in [-0.2, 0) is 14.6 Å². The van der Waals surface area contributed by atoms with E-state index in [0.717, 1.165) is 12.8 Å². The van der Waals surface area contributed by atoms with Crippen LogP contribution < -0.4 is 0 Å². The molecular weight excluding hydrogens is 312 g/mol. The lowest BCUT2D eigenvalue weighted by Gasteiger charge is -2.30. The van der Waals surface area contributed by atoms with Crippen LogP contribution in [-0.4, -0.2) is 31.0 Å². The second-order valence-electron chi connectivity index (χ2n) is 7.27. The highest BCUT2D eigenvalue weighted by atomic mass is 32.2. The number of carboxylic acid groups (broad SMARTS) is 1. The number of aliphatic carboxylic acids is 1. The van der Waals surface area contributed by atoms with Crippen LogP contribution >= 0.6 is 0 Å². The maximum atomic E-state index is 12.2. The van der Waals surface area contributed by atoms with Gasteiger partial charge in [0.25, 0.3) is 0 Å². The van der Waals surface area contributed by atoms with Crippen LogP contribution in [0.15, 0.2) is 12.2 Å². The first-order valence-corrected chi connectivity index (χ1v) is 10.8. The first kappa shape index (κ1) is 18.5. The number of carbonyl (C=O) groups is 1. The minimum absolute atomic E-state index is 0.219. The highest BCUT2D eigenvalue weighted by molar-refractivity contribution is 7.91. The van der Waals surface area contributed by atoms with E-state index < -0.39 is 15.8 Å². The largest absolute Gasteiger partial charge is 0.481 e. The fourth-order valence-electron chi connectivity index (χ4n) is 4.59. The minimum Gasteiger partial charge on any atom is -0.481 e. The van der Waals surface area contributed by atoms with E-state index in [9.17, 15) is 13.2 Å². The number of hydrogen-bond donors (Lipinski definition) is 1. The number of sulfone groups is 1. The van der Waals surface area contributed by atoms with Gasteiger partial charge >= 0.3 is 5.97 Å². The van der Waals surface area contributed by atoms with Crippen molar-refractivity contribution < 1.29 is 18.3 Å². The number of rotatable bonds is 10. The molecule has 2 bridgehead atoms. The first-order chi connectivity index (χ1) is 10.9. The van der Waals surface area contributed by atoms with Gasteiger partial charge in [0, 0.05) is 12.2 Å². The monoisotopic (exact) mass is 342 g/mol. The molecule has 2 rings (SSSR count). The molecule has 2 aliphatic carbocycles. The Morgan fingerprint density at radius 2 is 1.87 bits per heavy atom. The van der Waals surface area contributed by atoms with Gasteiger partial charge in [-0.05, 0) is 68.6 Å². The molecule has 0 heterocycles. The van der Waals surface area contributed by atoms with Crippen LogP contribution in [0.3, 0.4) is 0 Å². The van der Waals surface area contributed by atoms with Crippen LogP contribution in [0, 0.1) is 23.7 Å². The molecule has 2 fully saturated rings. The standard InChI is InChI=1S/C18H30O4S/c1-2-11-23(21,22)13-17-15-10-9-14(12-15)16(17)7-5-3-4-6-8-18(19)20/h3,5,14-17H,2,4,6-13H2,1H3,(H,19,20)/b5-3-/t14-,15+,16-,17+/m0/s1. The highest BCUT2D eigenvalue weighted by Crippen LogP contribution is 2.54. The van der Waals surface area contributed by atoms with E-state index in [0.29, 0.717) is 48.0 Å². The maximum absolute atomic E-state index is 12.2. The lowest BCUT2D eigenvalue weighted by molar-refractivity contribution is -0.137. The fourth-order valence-corrected chi connectivity index (χ4v) is 6.48. The van der Waals surface area contributed by atoms with Crippen molar-refractivity contribution in [3.05, 3.63) is 12.2 Å². The summed E-state index contributed by atoms with van der Waals surface area (Å²) in [6.07, 6.45) is 11.3. The lowest BCUT2D eigenvalue weighted by atomic mass is 9.78. The molecule has 0 aromatic heterocycles. The van der Waals surface area contributed by atoms with E-state index >= 15 is 0 Å². The summed E-state index contributed by atoms with van der Waals surface area (Å²) in [6, 6.07) is 0. The normalized spacial score (nSPS) is 30.3. The molecule has 0 saturated heterocycles. The Morgan fingerprint density at radius 1 is 1.17 bits per heavy atom. The average Bonchev–Trinajstić information content (AvgIpc) is 3.04. The van der Waals surface area contributed by atoms with Gasteiger partial charge in [0.1, 0.15) is 0 Å². The van der Waals surface area contributed by atoms with E-state index in [-0.39, 0.29) is 6.42 Å². The highest BCUT2D eigenvalue weighted by Gasteiger charge is 2.47. The first-order valence-electron chi connectivity index (χ1n) is 9.00. The van der Waals surface area contributed by atoms with Crippen molar-refractivity contribution in [2.24, 2.45) is 23.7 Å². The van der Waals surface area contributed by atoms with E-state index in [1.54, 1.807) is 0 Å². The zero-order chi connectivity index (χ0) is 16.9. The van der Waals surface area contributed by atoms with Crippen LogP contribution in [0.25, 0.3) is 0 Å². The molecule has 0 amide bonds. The van der Waals surface area contributed by atoms with Crippen molar-refractivity contribution in [2.75, 3.05) is 11.5 Å². The third kappa shape index (κ3) is 5.33. The molecule has 0 aliphatic heterocycles. The number of carboxylic acids is 1. The Bertz CT molecular complexity index is 523. The SMILES string of the molecule is CCCS(=O)(=O)C[C@@H]1[C@@H]2CC[C@@H](C2)[C@@H]1C/C=C\CCCC(=O)O. The molecule has 0 aromatic rings. The topological polar surface area (TPSA) is 71.4 Å². The van der Waals surface area contributed by atoms with E-state index in [1.165, 1.54) is 19.3 Å². The van der Waals surface area contributed by atoms with Gasteiger partial charge in [-0.25, -0.2) is 8.42 Å². The maximum Gasteiger partial charge on any atom is 0.303 e. The summed E-state index contributed by atoms with van der Waals surface area (Å²) in [4.78, 5) is 10.5. The Kier molecular flexibility index (Phi) is 6.69. The van der Waals surface area contributed by atoms with Gasteiger partial charge in [-0.3, -0.25) is 4.79 Å². The van der Waals surface area contributed by atoms with E-state index in [1.807, 2.05) is 6.92 Å². The molecule has 1 N–H and O–H groups in total. The van der Waals surface area contributed by atoms with Crippen LogP contribution in [0.4, 0.5) is 0 Å². The lowest BCUT2D eigenvalue weighted by Crippen LogP contribution is -2.29. The minimum atomic E-state index is -2.91. The van der Waals surface area contributed by atoms with Crippen molar-refractivity contribution in [1.29, 1.82) is 0 Å². The number of unbranched alkanes of at least 4 members (excludes halogenated alkanes) is 1. The molecule has 4 atom stereocenters. The summed E-state index contributed by atoms with van der Waals surface area (Å²) in [5.74, 6) is 2.11. The third-order valence-electron chi connectivity index (χ3n) is 5.57. The predicted molar refractivity (Wildman–Crippen MR) is 92.0 cm³/mol. The van der Waals surface area contributed by atoms with Gasteiger partial charge in [0.05, 0.1) is 5.75 Å². The van der Waals surface area contributed by atoms with Gasteiger partial charge in [-0.2, -0.15) is 0 Å². The van der Waals surface area contributed by atoms with Crippen molar-refractivity contribution in [3.63, 3.8) is 0 Å². The van der Waals surface area contributed by atoms with Gasteiger partial charge < -0.3 is 5.11 Å². The van der Waals surface area contributed by atoms with Gasteiger partial charge in [-0.15, -0.1) is 0 Å². The van der Waals surface area contributed by atoms with Crippen LogP contribution in [0.1, 0.15) is 58.3 Å². The van der Waals surface area contributed by atoms with E-state index in [2.05, 4.69) is 12.2 Å². The second kappa shape index (κ2) is 8.32. The van der Waals surface area contributed by atoms with Crippen molar-refractivity contribution in [3.8, 4) is 0 Å². The summed E-state index contributed by atoms with van der Waals surface area (Å²) in [5.41, 5.74) is 0. The fraction of sp³-hybridized carbons (Fsp3) is 0.833. The Labute approximate surface area is 140 Å². The molecule has 0 spiro atoms. The third-order valence-corrected chi connectivity index (χ3v) is 7.50. The predicted octanol–water partition coefficient (Wildman–Crippen LogP) is 3.67. The molecular formula is C18H30O4S. The summed E-state index contributed by atoms with van der Waals surface area (Å²) < 4.78 is 24.4. The summed E-state index contributed by atoms with van der Waals surface area (Å²) in [6.45, 7) is 1.93. The molecule has 23 heavy (non-hydrogen) atoms. The van der Waals surface area contributed by atoms with Gasteiger partial charge in [0.2, 0.25) is 0 Å². The molecule has 4 nitrogen and oxygen atoms in total. The number of hydrogen-bond acceptors (Lipinski definition) is 3. The van der Waals surface area contributed by atoms with Gasteiger partial charge in [0.15, 0.2) is 9.84 Å². The smallest absolute Gasteiger partial charge is 0.303 e. The van der Waals surface area contributed by atoms with Crippen LogP contribution in [0.5, 0.6) is 0 Å². The number of fused-ring (bicyclic) bond motifs is 2. The average molecular weight is 343 g/mol. The molecule has 2 aliphatic rings. The zero-order valence-electron chi connectivity index (χ0n) is 14.1. The molecule has 0 aromatic carbocycles. The Balaban J connectivity index is 1.86. The van der Waals surface area contributed by atoms with Crippen molar-refractivity contribution in [2.45, 2.75) is 58.3 Å². The van der Waals surface area contributed by atoms with Crippen molar-refractivity contribution in [1.82, 2.24) is 0 Å². The summed E-state index contributed by atoms with van der Waals surface area (Å²) >= 11 is 0. The van der Waals surface area contributed by atoms with Crippen molar-refractivity contribution >= 4 is 15.8 Å². The second-order valence-corrected chi connectivity index (χ2v) is 9.50.